The van der Waals surface area contributed by atoms with Gasteiger partial charge in [0.2, 0.25) is 11.8 Å². The summed E-state index contributed by atoms with van der Waals surface area (Å²) in [5.41, 5.74) is 5.15. The van der Waals surface area contributed by atoms with Gasteiger partial charge in [-0.25, -0.2) is 9.18 Å². The van der Waals surface area contributed by atoms with E-state index >= 15 is 0 Å². The number of nitrogen functional groups attached to an aromatic ring is 1. The number of aromatic amines is 1. The number of nitrogens with two attached hydrogens (primary N) is 1. The van der Waals surface area contributed by atoms with Crippen LogP contribution in [0.3, 0.4) is 0 Å². The number of aromatic nitrogens is 2. The standard InChI is InChI=1S/C23H32FN5O4/c1-14(2)11-28(20-21(25)29(12-15(3)4)23(33)26-22(20)32)19(31)13-27(5)18(30)10-16-7-6-8-17(24)9-16/h6-9,14-15H,10-13,25H2,1-5H3,(H,26,32,33). The lowest BCUT2D eigenvalue weighted by Gasteiger charge is -2.28. The van der Waals surface area contributed by atoms with Crippen LogP contribution in [-0.2, 0) is 22.6 Å². The van der Waals surface area contributed by atoms with Gasteiger partial charge in [0.25, 0.3) is 5.56 Å². The van der Waals surface area contributed by atoms with Crippen LogP contribution in [-0.4, -0.2) is 46.4 Å². The number of halogens is 1. The van der Waals surface area contributed by atoms with Gasteiger partial charge < -0.3 is 15.5 Å². The molecule has 10 heteroatoms. The summed E-state index contributed by atoms with van der Waals surface area (Å²) in [5.74, 6) is -1.40. The molecule has 180 valence electrons. The summed E-state index contributed by atoms with van der Waals surface area (Å²) in [7, 11) is 1.46. The van der Waals surface area contributed by atoms with Gasteiger partial charge in [0.15, 0.2) is 5.69 Å². The monoisotopic (exact) mass is 461 g/mol. The molecule has 0 aliphatic rings. The van der Waals surface area contributed by atoms with Crippen LogP contribution in [0.15, 0.2) is 33.9 Å². The smallest absolute Gasteiger partial charge is 0.330 e. The number of rotatable bonds is 9. The quantitative estimate of drug-likeness (QED) is 0.588. The Morgan fingerprint density at radius 2 is 1.79 bits per heavy atom. The first-order valence-electron chi connectivity index (χ1n) is 10.8. The molecule has 0 aliphatic heterocycles. The Morgan fingerprint density at radius 1 is 1.12 bits per heavy atom. The molecule has 2 amide bonds. The number of hydrogen-bond acceptors (Lipinski definition) is 5. The second-order valence-electron chi connectivity index (χ2n) is 8.95. The Morgan fingerprint density at radius 3 is 2.36 bits per heavy atom. The molecule has 0 radical (unpaired) electrons. The normalized spacial score (nSPS) is 11.2. The topological polar surface area (TPSA) is 121 Å². The highest BCUT2D eigenvalue weighted by Gasteiger charge is 2.27. The number of benzene rings is 1. The van der Waals surface area contributed by atoms with Crippen molar-refractivity contribution in [3.8, 4) is 0 Å². The van der Waals surface area contributed by atoms with Gasteiger partial charge in [-0.15, -0.1) is 0 Å². The molecule has 0 spiro atoms. The zero-order valence-electron chi connectivity index (χ0n) is 19.7. The minimum absolute atomic E-state index is 0.0217. The molecule has 0 unspecified atom stereocenters. The summed E-state index contributed by atoms with van der Waals surface area (Å²) < 4.78 is 14.6. The minimum Gasteiger partial charge on any atom is -0.383 e. The molecule has 0 atom stereocenters. The summed E-state index contributed by atoms with van der Waals surface area (Å²) in [6.45, 7) is 7.64. The Balaban J connectivity index is 2.33. The minimum atomic E-state index is -0.764. The molecule has 1 aromatic heterocycles. The maximum Gasteiger partial charge on any atom is 0.330 e. The van der Waals surface area contributed by atoms with Gasteiger partial charge in [0, 0.05) is 20.1 Å². The van der Waals surface area contributed by atoms with E-state index < -0.39 is 23.0 Å². The van der Waals surface area contributed by atoms with Gasteiger partial charge in [-0.1, -0.05) is 39.8 Å². The van der Waals surface area contributed by atoms with Crippen molar-refractivity contribution in [3.63, 3.8) is 0 Å². The van der Waals surface area contributed by atoms with E-state index in [9.17, 15) is 23.6 Å². The molecule has 33 heavy (non-hydrogen) atoms. The average molecular weight is 462 g/mol. The lowest BCUT2D eigenvalue weighted by molar-refractivity contribution is -0.133. The van der Waals surface area contributed by atoms with E-state index in [1.165, 1.54) is 39.6 Å². The van der Waals surface area contributed by atoms with Crippen molar-refractivity contribution in [1.29, 1.82) is 0 Å². The van der Waals surface area contributed by atoms with Gasteiger partial charge in [-0.05, 0) is 29.5 Å². The van der Waals surface area contributed by atoms with E-state index in [-0.39, 0.29) is 55.3 Å². The number of H-pyrrole nitrogens is 1. The van der Waals surface area contributed by atoms with Crippen molar-refractivity contribution in [3.05, 3.63) is 56.5 Å². The predicted molar refractivity (Wildman–Crippen MR) is 126 cm³/mol. The van der Waals surface area contributed by atoms with Crippen LogP contribution in [0, 0.1) is 17.7 Å². The van der Waals surface area contributed by atoms with Crippen molar-refractivity contribution in [2.24, 2.45) is 11.8 Å². The SMILES string of the molecule is CC(C)CN(C(=O)CN(C)C(=O)Cc1cccc(F)c1)c1c(N)n(CC(C)C)c(=O)[nH]c1=O. The lowest BCUT2D eigenvalue weighted by Crippen LogP contribution is -2.47. The number of hydrogen-bond donors (Lipinski definition) is 2. The largest absolute Gasteiger partial charge is 0.383 e. The molecule has 0 bridgehead atoms. The van der Waals surface area contributed by atoms with E-state index in [4.69, 9.17) is 5.73 Å². The van der Waals surface area contributed by atoms with Crippen LogP contribution in [0.4, 0.5) is 15.9 Å². The van der Waals surface area contributed by atoms with Crippen LogP contribution in [0.25, 0.3) is 0 Å². The summed E-state index contributed by atoms with van der Waals surface area (Å²) in [5, 5.41) is 0. The van der Waals surface area contributed by atoms with E-state index in [1.807, 2.05) is 27.7 Å². The van der Waals surface area contributed by atoms with E-state index in [0.717, 1.165) is 0 Å². The third-order valence-electron chi connectivity index (χ3n) is 4.92. The number of carbonyl (C=O) groups excluding carboxylic acids is 2. The molecule has 1 heterocycles. The Bertz CT molecular complexity index is 1120. The van der Waals surface area contributed by atoms with Gasteiger partial charge >= 0.3 is 5.69 Å². The Hall–Kier alpha value is -3.43. The number of anilines is 2. The highest BCUT2D eigenvalue weighted by molar-refractivity contribution is 5.98. The number of likely N-dealkylation sites (N-methyl/N-ethyl adjacent to an activating group) is 1. The zero-order valence-corrected chi connectivity index (χ0v) is 19.7. The second-order valence-corrected chi connectivity index (χ2v) is 8.95. The first kappa shape index (κ1) is 25.8. The van der Waals surface area contributed by atoms with Gasteiger partial charge in [0.1, 0.15) is 11.6 Å². The van der Waals surface area contributed by atoms with Crippen molar-refractivity contribution < 1.29 is 14.0 Å². The molecule has 0 saturated heterocycles. The van der Waals surface area contributed by atoms with Crippen LogP contribution in [0.2, 0.25) is 0 Å². The molecule has 0 saturated carbocycles. The number of carbonyl (C=O) groups is 2. The molecular weight excluding hydrogens is 429 g/mol. The van der Waals surface area contributed by atoms with Crippen LogP contribution in [0.1, 0.15) is 33.3 Å². The first-order chi connectivity index (χ1) is 15.4. The summed E-state index contributed by atoms with van der Waals surface area (Å²) in [4.78, 5) is 55.4. The number of nitrogens with zero attached hydrogens (tertiary/aromatic N) is 3. The fourth-order valence-corrected chi connectivity index (χ4v) is 3.40. The van der Waals surface area contributed by atoms with Crippen molar-refractivity contribution >= 4 is 23.3 Å². The fraction of sp³-hybridized carbons (Fsp3) is 0.478. The third-order valence-corrected chi connectivity index (χ3v) is 4.92. The highest BCUT2D eigenvalue weighted by atomic mass is 19.1. The molecule has 2 aromatic rings. The molecule has 9 nitrogen and oxygen atoms in total. The number of amides is 2. The first-order valence-corrected chi connectivity index (χ1v) is 10.8. The third kappa shape index (κ3) is 6.77. The predicted octanol–water partition coefficient (Wildman–Crippen LogP) is 1.60. The zero-order chi connectivity index (χ0) is 24.9. The maximum atomic E-state index is 13.4. The summed E-state index contributed by atoms with van der Waals surface area (Å²) in [6, 6.07) is 5.68. The summed E-state index contributed by atoms with van der Waals surface area (Å²) >= 11 is 0. The maximum absolute atomic E-state index is 13.4. The van der Waals surface area contributed by atoms with E-state index in [1.54, 1.807) is 6.07 Å². The molecule has 0 aliphatic carbocycles. The average Bonchev–Trinajstić information content (AvgIpc) is 2.69. The van der Waals surface area contributed by atoms with Gasteiger partial charge in [-0.3, -0.25) is 23.9 Å². The molecule has 2 rings (SSSR count). The van der Waals surface area contributed by atoms with Gasteiger partial charge in [0.05, 0.1) is 13.0 Å². The Labute approximate surface area is 192 Å². The van der Waals surface area contributed by atoms with Crippen molar-refractivity contribution in [1.82, 2.24) is 14.5 Å². The second kappa shape index (κ2) is 10.9. The number of nitrogens with one attached hydrogen (secondary N) is 1. The van der Waals surface area contributed by atoms with E-state index in [2.05, 4.69) is 4.98 Å². The molecule has 0 fully saturated rings. The molecule has 1 aromatic carbocycles. The Kier molecular flexibility index (Phi) is 8.56. The van der Waals surface area contributed by atoms with Crippen molar-refractivity contribution in [2.45, 2.75) is 40.7 Å². The van der Waals surface area contributed by atoms with Crippen LogP contribution < -0.4 is 21.9 Å². The molecule has 3 N–H and O–H groups in total. The van der Waals surface area contributed by atoms with Crippen LogP contribution in [0.5, 0.6) is 0 Å². The molecular formula is C23H32FN5O4. The summed E-state index contributed by atoms with van der Waals surface area (Å²) in [6.07, 6.45) is -0.0757. The van der Waals surface area contributed by atoms with Crippen molar-refractivity contribution in [2.75, 3.05) is 30.8 Å². The fourth-order valence-electron chi connectivity index (χ4n) is 3.40. The highest BCUT2D eigenvalue weighted by Crippen LogP contribution is 2.19. The lowest BCUT2D eigenvalue weighted by atomic mass is 10.1. The van der Waals surface area contributed by atoms with E-state index in [0.29, 0.717) is 5.56 Å². The van der Waals surface area contributed by atoms with Gasteiger partial charge in [-0.2, -0.15) is 0 Å². The van der Waals surface area contributed by atoms with Crippen LogP contribution >= 0.6 is 0 Å².